The summed E-state index contributed by atoms with van der Waals surface area (Å²) >= 11 is 0. The van der Waals surface area contributed by atoms with Crippen LogP contribution < -0.4 is 5.32 Å². The standard InChI is InChI=1S/C15H32N2/c1-12(11-16-14-9-7-8-10-14)17(6)13(2)15(3,4)5/h12-14,16H,7-11H2,1-6H3. The van der Waals surface area contributed by atoms with Gasteiger partial charge in [0, 0.05) is 24.7 Å². The van der Waals surface area contributed by atoms with E-state index in [0.29, 0.717) is 17.5 Å². The summed E-state index contributed by atoms with van der Waals surface area (Å²) < 4.78 is 0. The Morgan fingerprint density at radius 1 is 1.18 bits per heavy atom. The summed E-state index contributed by atoms with van der Waals surface area (Å²) in [5.41, 5.74) is 0.358. The van der Waals surface area contributed by atoms with Crippen LogP contribution in [0.25, 0.3) is 0 Å². The fraction of sp³-hybridized carbons (Fsp3) is 1.00. The Kier molecular flexibility index (Phi) is 5.46. The van der Waals surface area contributed by atoms with E-state index in [2.05, 4.69) is 51.9 Å². The molecular weight excluding hydrogens is 208 g/mol. The van der Waals surface area contributed by atoms with E-state index in [1.807, 2.05) is 0 Å². The van der Waals surface area contributed by atoms with Crippen LogP contribution in [0.15, 0.2) is 0 Å². The van der Waals surface area contributed by atoms with Crippen LogP contribution in [-0.2, 0) is 0 Å². The Bertz CT molecular complexity index is 213. The smallest absolute Gasteiger partial charge is 0.0192 e. The van der Waals surface area contributed by atoms with Crippen LogP contribution in [0.4, 0.5) is 0 Å². The first-order valence-corrected chi connectivity index (χ1v) is 7.27. The lowest BCUT2D eigenvalue weighted by Crippen LogP contribution is -2.48. The Labute approximate surface area is 108 Å². The maximum atomic E-state index is 3.73. The summed E-state index contributed by atoms with van der Waals surface area (Å²) in [5.74, 6) is 0. The van der Waals surface area contributed by atoms with Gasteiger partial charge in [-0.2, -0.15) is 0 Å². The molecule has 0 aliphatic heterocycles. The third-order valence-electron chi connectivity index (χ3n) is 4.62. The molecule has 1 aliphatic carbocycles. The monoisotopic (exact) mass is 240 g/mol. The first-order chi connectivity index (χ1) is 7.82. The van der Waals surface area contributed by atoms with Crippen LogP contribution in [-0.4, -0.2) is 36.6 Å². The number of rotatable bonds is 5. The summed E-state index contributed by atoms with van der Waals surface area (Å²) in [6, 6.07) is 2.02. The van der Waals surface area contributed by atoms with Gasteiger partial charge in [0.1, 0.15) is 0 Å². The third-order valence-corrected chi connectivity index (χ3v) is 4.62. The van der Waals surface area contributed by atoms with E-state index < -0.39 is 0 Å². The van der Waals surface area contributed by atoms with Crippen molar-refractivity contribution in [1.29, 1.82) is 0 Å². The van der Waals surface area contributed by atoms with Gasteiger partial charge < -0.3 is 5.32 Å². The highest BCUT2D eigenvalue weighted by atomic mass is 15.2. The van der Waals surface area contributed by atoms with Crippen molar-refractivity contribution in [2.24, 2.45) is 5.41 Å². The number of nitrogens with zero attached hydrogens (tertiary/aromatic N) is 1. The maximum absolute atomic E-state index is 3.73. The first-order valence-electron chi connectivity index (χ1n) is 7.27. The Hall–Kier alpha value is -0.0800. The number of hydrogen-bond acceptors (Lipinski definition) is 2. The molecule has 102 valence electrons. The van der Waals surface area contributed by atoms with Crippen molar-refractivity contribution in [2.75, 3.05) is 13.6 Å². The van der Waals surface area contributed by atoms with Gasteiger partial charge in [-0.3, -0.25) is 4.90 Å². The number of nitrogens with one attached hydrogen (secondary N) is 1. The van der Waals surface area contributed by atoms with Crippen molar-refractivity contribution in [3.8, 4) is 0 Å². The molecular formula is C15H32N2. The van der Waals surface area contributed by atoms with Crippen LogP contribution in [0.1, 0.15) is 60.3 Å². The lowest BCUT2D eigenvalue weighted by atomic mass is 9.86. The average molecular weight is 240 g/mol. The van der Waals surface area contributed by atoms with Gasteiger partial charge in [0.2, 0.25) is 0 Å². The second-order valence-corrected chi connectivity index (χ2v) is 6.95. The molecule has 0 amide bonds. The molecule has 0 radical (unpaired) electrons. The summed E-state index contributed by atoms with van der Waals surface area (Å²) in [5, 5.41) is 3.73. The largest absolute Gasteiger partial charge is 0.312 e. The summed E-state index contributed by atoms with van der Waals surface area (Å²) in [6.45, 7) is 12.8. The Morgan fingerprint density at radius 2 is 1.71 bits per heavy atom. The second kappa shape index (κ2) is 6.19. The molecule has 1 aliphatic rings. The molecule has 0 saturated heterocycles. The SMILES string of the molecule is CC(CNC1CCCC1)N(C)C(C)C(C)(C)C. The fourth-order valence-corrected chi connectivity index (χ4v) is 2.60. The Morgan fingerprint density at radius 3 is 2.18 bits per heavy atom. The topological polar surface area (TPSA) is 15.3 Å². The summed E-state index contributed by atoms with van der Waals surface area (Å²) in [6.07, 6.45) is 5.59. The van der Waals surface area contributed by atoms with Gasteiger partial charge >= 0.3 is 0 Å². The van der Waals surface area contributed by atoms with Crippen LogP contribution in [0.5, 0.6) is 0 Å². The molecule has 0 heterocycles. The van der Waals surface area contributed by atoms with E-state index >= 15 is 0 Å². The highest BCUT2D eigenvalue weighted by Crippen LogP contribution is 2.24. The summed E-state index contributed by atoms with van der Waals surface area (Å²) in [7, 11) is 2.26. The molecule has 17 heavy (non-hydrogen) atoms. The van der Waals surface area contributed by atoms with E-state index in [1.165, 1.54) is 25.7 Å². The minimum absolute atomic E-state index is 0.358. The zero-order valence-corrected chi connectivity index (χ0v) is 12.7. The predicted molar refractivity (Wildman–Crippen MR) is 76.4 cm³/mol. The zero-order chi connectivity index (χ0) is 13.1. The van der Waals surface area contributed by atoms with Gasteiger partial charge in [0.25, 0.3) is 0 Å². The molecule has 0 spiro atoms. The number of hydrogen-bond donors (Lipinski definition) is 1. The zero-order valence-electron chi connectivity index (χ0n) is 12.7. The lowest BCUT2D eigenvalue weighted by Gasteiger charge is -2.39. The molecule has 2 atom stereocenters. The van der Waals surface area contributed by atoms with Crippen LogP contribution in [0.3, 0.4) is 0 Å². The third kappa shape index (κ3) is 4.59. The lowest BCUT2D eigenvalue weighted by molar-refractivity contribution is 0.102. The summed E-state index contributed by atoms with van der Waals surface area (Å²) in [4.78, 5) is 2.52. The molecule has 1 N–H and O–H groups in total. The minimum atomic E-state index is 0.358. The predicted octanol–water partition coefficient (Wildman–Crippen LogP) is 3.27. The highest BCUT2D eigenvalue weighted by Gasteiger charge is 2.27. The van der Waals surface area contributed by atoms with E-state index in [4.69, 9.17) is 0 Å². The normalized spacial score (nSPS) is 22.1. The number of likely N-dealkylation sites (N-methyl/N-ethyl adjacent to an activating group) is 1. The van der Waals surface area contributed by atoms with Crippen molar-refractivity contribution in [1.82, 2.24) is 10.2 Å². The van der Waals surface area contributed by atoms with E-state index in [9.17, 15) is 0 Å². The highest BCUT2D eigenvalue weighted by molar-refractivity contribution is 4.82. The molecule has 2 unspecified atom stereocenters. The van der Waals surface area contributed by atoms with E-state index in [1.54, 1.807) is 0 Å². The molecule has 1 saturated carbocycles. The first kappa shape index (κ1) is 15.0. The molecule has 2 nitrogen and oxygen atoms in total. The average Bonchev–Trinajstić information content (AvgIpc) is 2.75. The van der Waals surface area contributed by atoms with E-state index in [-0.39, 0.29) is 0 Å². The van der Waals surface area contributed by atoms with Gasteiger partial charge in [0.05, 0.1) is 0 Å². The van der Waals surface area contributed by atoms with Crippen molar-refractivity contribution >= 4 is 0 Å². The van der Waals surface area contributed by atoms with Crippen molar-refractivity contribution < 1.29 is 0 Å². The van der Waals surface area contributed by atoms with Gasteiger partial charge in [-0.05, 0) is 39.2 Å². The van der Waals surface area contributed by atoms with E-state index in [0.717, 1.165) is 12.6 Å². The molecule has 2 heteroatoms. The van der Waals surface area contributed by atoms with Crippen LogP contribution >= 0.6 is 0 Å². The molecule has 1 rings (SSSR count). The Balaban J connectivity index is 2.33. The molecule has 0 aromatic heterocycles. The second-order valence-electron chi connectivity index (χ2n) is 6.95. The molecule has 0 aromatic carbocycles. The van der Waals surface area contributed by atoms with Gasteiger partial charge in [-0.15, -0.1) is 0 Å². The van der Waals surface area contributed by atoms with Crippen LogP contribution in [0, 0.1) is 5.41 Å². The molecule has 0 bridgehead atoms. The fourth-order valence-electron chi connectivity index (χ4n) is 2.60. The van der Waals surface area contributed by atoms with Gasteiger partial charge in [-0.25, -0.2) is 0 Å². The molecule has 1 fully saturated rings. The maximum Gasteiger partial charge on any atom is 0.0192 e. The minimum Gasteiger partial charge on any atom is -0.312 e. The van der Waals surface area contributed by atoms with Gasteiger partial charge in [0.15, 0.2) is 0 Å². The van der Waals surface area contributed by atoms with Crippen molar-refractivity contribution in [3.63, 3.8) is 0 Å². The van der Waals surface area contributed by atoms with Crippen LogP contribution in [0.2, 0.25) is 0 Å². The molecule has 0 aromatic rings. The van der Waals surface area contributed by atoms with Crippen molar-refractivity contribution in [3.05, 3.63) is 0 Å². The quantitative estimate of drug-likeness (QED) is 0.793. The van der Waals surface area contributed by atoms with Crippen molar-refractivity contribution in [2.45, 2.75) is 78.4 Å². The van der Waals surface area contributed by atoms with Gasteiger partial charge in [-0.1, -0.05) is 33.6 Å².